The Morgan fingerprint density at radius 2 is 2.11 bits per heavy atom. The van der Waals surface area contributed by atoms with Gasteiger partial charge in [0.1, 0.15) is 5.75 Å². The number of nitrogens with one attached hydrogen (secondary N) is 1. The summed E-state index contributed by atoms with van der Waals surface area (Å²) in [6, 6.07) is 11.9. The molecular weight excluding hydrogens is 257 g/mol. The van der Waals surface area contributed by atoms with E-state index in [4.69, 9.17) is 4.65 Å². The molecule has 3 nitrogen and oxygen atoms in total. The molecule has 0 unspecified atom stereocenters. The molecule has 0 atom stereocenters. The molecule has 2 N–H and O–H groups in total. The van der Waals surface area contributed by atoms with Gasteiger partial charge in [0.2, 0.25) is 0 Å². The number of phenols is 1. The summed E-state index contributed by atoms with van der Waals surface area (Å²) in [6.07, 6.45) is 0.812. The molecule has 0 saturated heterocycles. The Hall–Kier alpha value is -1.59. The molecule has 0 fully saturated rings. The van der Waals surface area contributed by atoms with Crippen LogP contribution in [-0.2, 0) is 11.1 Å². The molecule has 1 heterocycles. The van der Waals surface area contributed by atoms with Gasteiger partial charge in [-0.25, -0.2) is 0 Å². The average molecular weight is 270 g/mol. The SMILES string of the molecule is CO[B]Nc1ccc(O)c2c1Cc1ccccc1S2. The lowest BCUT2D eigenvalue weighted by molar-refractivity contribution is 0.446. The zero-order chi connectivity index (χ0) is 13.2. The third-order valence-corrected chi connectivity index (χ3v) is 4.40. The first-order valence-corrected chi connectivity index (χ1v) is 6.83. The van der Waals surface area contributed by atoms with Crippen molar-refractivity contribution in [2.45, 2.75) is 16.2 Å². The summed E-state index contributed by atoms with van der Waals surface area (Å²) in [4.78, 5) is 2.13. The van der Waals surface area contributed by atoms with Gasteiger partial charge in [-0.1, -0.05) is 30.0 Å². The van der Waals surface area contributed by atoms with Crippen molar-refractivity contribution in [3.63, 3.8) is 0 Å². The van der Waals surface area contributed by atoms with Gasteiger partial charge in [-0.15, -0.1) is 0 Å². The number of aromatic hydroxyl groups is 1. The van der Waals surface area contributed by atoms with E-state index in [0.29, 0.717) is 5.75 Å². The van der Waals surface area contributed by atoms with E-state index in [0.717, 1.165) is 22.6 Å². The highest BCUT2D eigenvalue weighted by Gasteiger charge is 2.21. The van der Waals surface area contributed by atoms with Crippen LogP contribution < -0.4 is 5.23 Å². The Morgan fingerprint density at radius 3 is 2.95 bits per heavy atom. The van der Waals surface area contributed by atoms with E-state index in [-0.39, 0.29) is 0 Å². The largest absolute Gasteiger partial charge is 0.507 e. The van der Waals surface area contributed by atoms with E-state index in [1.54, 1.807) is 24.9 Å². The Kier molecular flexibility index (Phi) is 3.40. The fraction of sp³-hybridized carbons (Fsp3) is 0.143. The normalized spacial score (nSPS) is 12.5. The second kappa shape index (κ2) is 5.19. The van der Waals surface area contributed by atoms with Crippen molar-refractivity contribution in [3.8, 4) is 5.75 Å². The highest BCUT2D eigenvalue weighted by Crippen LogP contribution is 2.46. The molecule has 0 saturated carbocycles. The second-order valence-electron chi connectivity index (χ2n) is 4.32. The van der Waals surface area contributed by atoms with Gasteiger partial charge in [0, 0.05) is 24.1 Å². The predicted molar refractivity (Wildman–Crippen MR) is 77.9 cm³/mol. The number of fused-ring (bicyclic) bond motifs is 2. The molecule has 2 aromatic carbocycles. The van der Waals surface area contributed by atoms with E-state index in [2.05, 4.69) is 17.4 Å². The number of rotatable bonds is 3. The molecule has 0 aliphatic carbocycles. The lowest BCUT2D eigenvalue weighted by Gasteiger charge is -2.22. The Bertz CT molecular complexity index is 618. The van der Waals surface area contributed by atoms with Gasteiger partial charge in [-0.2, -0.15) is 0 Å². The second-order valence-corrected chi connectivity index (χ2v) is 5.38. The van der Waals surface area contributed by atoms with Crippen LogP contribution in [-0.4, -0.2) is 19.8 Å². The molecule has 0 spiro atoms. The first kappa shape index (κ1) is 12.4. The number of benzene rings is 2. The number of anilines is 1. The molecule has 95 valence electrons. The van der Waals surface area contributed by atoms with Crippen molar-refractivity contribution in [1.82, 2.24) is 0 Å². The molecule has 1 aliphatic heterocycles. The van der Waals surface area contributed by atoms with E-state index in [1.165, 1.54) is 18.1 Å². The molecule has 5 heteroatoms. The maximum Gasteiger partial charge on any atom is 0.435 e. The third-order valence-electron chi connectivity index (χ3n) is 3.12. The minimum Gasteiger partial charge on any atom is -0.507 e. The zero-order valence-electron chi connectivity index (χ0n) is 10.5. The monoisotopic (exact) mass is 270 g/mol. The van der Waals surface area contributed by atoms with Crippen molar-refractivity contribution < 1.29 is 9.76 Å². The summed E-state index contributed by atoms with van der Waals surface area (Å²) in [5.74, 6) is 0.331. The average Bonchev–Trinajstić information content (AvgIpc) is 2.45. The third kappa shape index (κ3) is 2.31. The van der Waals surface area contributed by atoms with E-state index in [1.807, 2.05) is 18.2 Å². The summed E-state index contributed by atoms with van der Waals surface area (Å²) in [7, 11) is 3.14. The fourth-order valence-corrected chi connectivity index (χ4v) is 3.33. The first-order valence-electron chi connectivity index (χ1n) is 6.01. The minimum atomic E-state index is 0.331. The van der Waals surface area contributed by atoms with Gasteiger partial charge in [0.05, 0.1) is 4.90 Å². The molecular formula is C14H13BNO2S. The van der Waals surface area contributed by atoms with Gasteiger partial charge in [-0.3, -0.25) is 0 Å². The molecule has 1 aliphatic rings. The molecule has 19 heavy (non-hydrogen) atoms. The van der Waals surface area contributed by atoms with Crippen molar-refractivity contribution in [1.29, 1.82) is 0 Å². The van der Waals surface area contributed by atoms with Gasteiger partial charge in [0.25, 0.3) is 0 Å². The van der Waals surface area contributed by atoms with Crippen LogP contribution in [0.4, 0.5) is 5.69 Å². The fourth-order valence-electron chi connectivity index (χ4n) is 2.21. The Morgan fingerprint density at radius 1 is 1.26 bits per heavy atom. The first-order chi connectivity index (χ1) is 9.29. The Labute approximate surface area is 117 Å². The van der Waals surface area contributed by atoms with Crippen LogP contribution in [0, 0.1) is 0 Å². The van der Waals surface area contributed by atoms with E-state index in [9.17, 15) is 5.11 Å². The molecule has 0 amide bonds. The van der Waals surface area contributed by atoms with Crippen LogP contribution in [0.5, 0.6) is 5.75 Å². The van der Waals surface area contributed by atoms with Crippen LogP contribution in [0.15, 0.2) is 46.2 Å². The van der Waals surface area contributed by atoms with Gasteiger partial charge in [0.15, 0.2) is 0 Å². The molecule has 0 bridgehead atoms. The van der Waals surface area contributed by atoms with Crippen LogP contribution in [0.2, 0.25) is 0 Å². The summed E-state index contributed by atoms with van der Waals surface area (Å²) < 4.78 is 4.93. The van der Waals surface area contributed by atoms with E-state index < -0.39 is 0 Å². The summed E-state index contributed by atoms with van der Waals surface area (Å²) >= 11 is 1.61. The van der Waals surface area contributed by atoms with E-state index >= 15 is 0 Å². The van der Waals surface area contributed by atoms with Gasteiger partial charge in [-0.05, 0) is 29.3 Å². The van der Waals surface area contributed by atoms with Crippen molar-refractivity contribution in [2.24, 2.45) is 0 Å². The maximum absolute atomic E-state index is 10.0. The van der Waals surface area contributed by atoms with Crippen LogP contribution in [0.3, 0.4) is 0 Å². The molecule has 1 radical (unpaired) electrons. The molecule has 2 aromatic rings. The van der Waals surface area contributed by atoms with Crippen LogP contribution >= 0.6 is 11.8 Å². The standard InChI is InChI=1S/C14H13BNO2S/c1-18-15-16-11-6-7-12(17)14-10(11)8-9-4-2-3-5-13(9)19-14/h2-7,16-17H,8H2,1H3. The number of hydrogen-bond acceptors (Lipinski definition) is 4. The van der Waals surface area contributed by atoms with Crippen molar-refractivity contribution in [2.75, 3.05) is 12.3 Å². The number of phenolic OH excluding ortho intramolecular Hbond substituents is 1. The minimum absolute atomic E-state index is 0.331. The lowest BCUT2D eigenvalue weighted by atomic mass is 10.0. The van der Waals surface area contributed by atoms with Crippen LogP contribution in [0.25, 0.3) is 0 Å². The highest BCUT2D eigenvalue weighted by molar-refractivity contribution is 7.99. The quantitative estimate of drug-likeness (QED) is 0.567. The Balaban J connectivity index is 2.03. The summed E-state index contributed by atoms with van der Waals surface area (Å²) in [5.41, 5.74) is 3.36. The summed E-state index contributed by atoms with van der Waals surface area (Å²) in [6.45, 7) is 0. The topological polar surface area (TPSA) is 41.5 Å². The number of hydrogen-bond donors (Lipinski definition) is 2. The maximum atomic E-state index is 10.0. The van der Waals surface area contributed by atoms with Crippen molar-refractivity contribution >= 4 is 25.1 Å². The van der Waals surface area contributed by atoms with Crippen molar-refractivity contribution in [3.05, 3.63) is 47.5 Å². The van der Waals surface area contributed by atoms with Gasteiger partial charge >= 0.3 is 7.62 Å². The van der Waals surface area contributed by atoms with Gasteiger partial charge < -0.3 is 15.0 Å². The lowest BCUT2D eigenvalue weighted by Crippen LogP contribution is -2.12. The highest BCUT2D eigenvalue weighted by atomic mass is 32.2. The predicted octanol–water partition coefficient (Wildman–Crippen LogP) is 3.04. The summed E-state index contributed by atoms with van der Waals surface area (Å²) in [5, 5.41) is 13.2. The molecule has 3 rings (SSSR count). The smallest absolute Gasteiger partial charge is 0.435 e. The van der Waals surface area contributed by atoms with Crippen LogP contribution in [0.1, 0.15) is 11.1 Å². The zero-order valence-corrected chi connectivity index (χ0v) is 11.3. The molecule has 0 aromatic heterocycles.